The summed E-state index contributed by atoms with van der Waals surface area (Å²) in [6.07, 6.45) is 0. The van der Waals surface area contributed by atoms with E-state index in [0.29, 0.717) is 6.92 Å². The second-order valence-electron chi connectivity index (χ2n) is 0.929. The van der Waals surface area contributed by atoms with Gasteiger partial charge in [0.05, 0.1) is 0 Å². The fraction of sp³-hybridized carbons (Fsp3) is 0.500. The topological polar surface area (TPSA) is 51.2 Å². The third-order valence-electron chi connectivity index (χ3n) is 0.343. The van der Waals surface area contributed by atoms with E-state index in [1.807, 2.05) is 0 Å². The average Bonchev–Trinajstić information content (AvgIpc) is 1.31. The molecule has 0 aliphatic rings. The van der Waals surface area contributed by atoms with Crippen LogP contribution in [0.1, 0.15) is 6.92 Å². The van der Waals surface area contributed by atoms with Crippen molar-refractivity contribution >= 4 is 15.3 Å². The van der Waals surface area contributed by atoms with E-state index in [4.69, 9.17) is 0 Å². The third kappa shape index (κ3) is 2.27. The van der Waals surface area contributed by atoms with Crippen LogP contribution in [0.4, 0.5) is 3.89 Å². The molecular formula is C2H3FO3S. The number of hydrogen-bond acceptors (Lipinski definition) is 3. The van der Waals surface area contributed by atoms with Gasteiger partial charge in [-0.05, 0) is 0 Å². The quantitative estimate of drug-likeness (QED) is 0.423. The van der Waals surface area contributed by atoms with Crippen LogP contribution in [0.5, 0.6) is 0 Å². The first kappa shape index (κ1) is 6.55. The smallest absolute Gasteiger partial charge is 0.279 e. The van der Waals surface area contributed by atoms with Gasteiger partial charge in [-0.2, -0.15) is 8.42 Å². The molecule has 0 N–H and O–H groups in total. The summed E-state index contributed by atoms with van der Waals surface area (Å²) in [7, 11) is -4.88. The maximum Gasteiger partial charge on any atom is 0.366 e. The Labute approximate surface area is 40.4 Å². The highest BCUT2D eigenvalue weighted by Gasteiger charge is 2.12. The summed E-state index contributed by atoms with van der Waals surface area (Å²) in [6, 6.07) is 0. The van der Waals surface area contributed by atoms with Crippen LogP contribution >= 0.6 is 0 Å². The minimum atomic E-state index is -4.88. The van der Waals surface area contributed by atoms with Crippen molar-refractivity contribution in [1.29, 1.82) is 0 Å². The fourth-order valence-electron chi connectivity index (χ4n) is 0. The van der Waals surface area contributed by atoms with Crippen molar-refractivity contribution in [2.24, 2.45) is 0 Å². The van der Waals surface area contributed by atoms with Crippen LogP contribution in [0.2, 0.25) is 0 Å². The van der Waals surface area contributed by atoms with E-state index in [1.165, 1.54) is 0 Å². The molecule has 0 aromatic heterocycles. The van der Waals surface area contributed by atoms with E-state index in [9.17, 15) is 17.1 Å². The van der Waals surface area contributed by atoms with Crippen molar-refractivity contribution < 1.29 is 17.1 Å². The first-order chi connectivity index (χ1) is 2.94. The van der Waals surface area contributed by atoms with E-state index < -0.39 is 15.3 Å². The maximum absolute atomic E-state index is 11.1. The Balaban J connectivity index is 4.43. The van der Waals surface area contributed by atoms with Gasteiger partial charge in [0.1, 0.15) is 0 Å². The van der Waals surface area contributed by atoms with Crippen molar-refractivity contribution in [2.75, 3.05) is 0 Å². The first-order valence-electron chi connectivity index (χ1n) is 1.40. The molecule has 0 bridgehead atoms. The Hall–Kier alpha value is -0.450. The van der Waals surface area contributed by atoms with E-state index in [2.05, 4.69) is 0 Å². The zero-order chi connectivity index (χ0) is 6.08. The molecule has 7 heavy (non-hydrogen) atoms. The number of rotatable bonds is 0. The molecule has 0 spiro atoms. The Kier molecular flexibility index (Phi) is 1.47. The van der Waals surface area contributed by atoms with Gasteiger partial charge in [-0.3, -0.25) is 4.79 Å². The van der Waals surface area contributed by atoms with Gasteiger partial charge in [-0.15, -0.1) is 0 Å². The Morgan fingerprint density at radius 2 is 1.71 bits per heavy atom. The second kappa shape index (κ2) is 1.57. The predicted octanol–water partition coefficient (Wildman–Crippen LogP) is -0.168. The van der Waals surface area contributed by atoms with Crippen LogP contribution < -0.4 is 0 Å². The molecule has 5 heteroatoms. The van der Waals surface area contributed by atoms with Crippen molar-refractivity contribution in [3.8, 4) is 0 Å². The van der Waals surface area contributed by atoms with Crippen LogP contribution in [-0.4, -0.2) is 13.5 Å². The molecule has 0 aliphatic carbocycles. The Morgan fingerprint density at radius 3 is 1.71 bits per heavy atom. The number of hydrogen-bond donors (Lipinski definition) is 0. The first-order valence-corrected chi connectivity index (χ1v) is 2.78. The van der Waals surface area contributed by atoms with Gasteiger partial charge < -0.3 is 0 Å². The van der Waals surface area contributed by atoms with Crippen LogP contribution in [-0.2, 0) is 15.0 Å². The minimum Gasteiger partial charge on any atom is -0.279 e. The molecule has 0 saturated heterocycles. The molecular weight excluding hydrogens is 123 g/mol. The molecule has 0 heterocycles. The van der Waals surface area contributed by atoms with Gasteiger partial charge in [0.2, 0.25) is 0 Å². The van der Waals surface area contributed by atoms with Crippen LogP contribution in [0.3, 0.4) is 0 Å². The molecule has 42 valence electrons. The Bertz CT molecular complexity index is 167. The molecule has 0 amide bonds. The summed E-state index contributed by atoms with van der Waals surface area (Å²) >= 11 is 0. The maximum atomic E-state index is 11.1. The van der Waals surface area contributed by atoms with Crippen LogP contribution in [0.25, 0.3) is 0 Å². The molecule has 0 unspecified atom stereocenters. The summed E-state index contributed by atoms with van der Waals surface area (Å²) in [5.74, 6) is 0. The highest BCUT2D eigenvalue weighted by molar-refractivity contribution is 8.01. The molecule has 0 atom stereocenters. The number of carbonyl (C=O) groups excluding carboxylic acids is 1. The average molecular weight is 126 g/mol. The summed E-state index contributed by atoms with van der Waals surface area (Å²) < 4.78 is 29.8. The SMILES string of the molecule is CC(=O)S(=O)(=O)F. The van der Waals surface area contributed by atoms with Crippen molar-refractivity contribution in [3.05, 3.63) is 0 Å². The van der Waals surface area contributed by atoms with Gasteiger partial charge >= 0.3 is 10.2 Å². The lowest BCUT2D eigenvalue weighted by molar-refractivity contribution is -0.110. The second-order valence-corrected chi connectivity index (χ2v) is 2.38. The van der Waals surface area contributed by atoms with E-state index in [1.54, 1.807) is 0 Å². The zero-order valence-corrected chi connectivity index (χ0v) is 4.33. The lowest BCUT2D eigenvalue weighted by atomic mass is 10.9. The summed E-state index contributed by atoms with van der Waals surface area (Å²) in [5, 5.41) is -1.45. The zero-order valence-electron chi connectivity index (χ0n) is 3.51. The minimum absolute atomic E-state index is 0.648. The fourth-order valence-corrected chi connectivity index (χ4v) is 0. The standard InChI is InChI=1S/C2H3FO3S/c1-2(4)7(3,5)6/h1H3. The highest BCUT2D eigenvalue weighted by atomic mass is 32.3. The number of carbonyl (C=O) groups is 1. The molecule has 0 aromatic rings. The normalized spacial score (nSPS) is 11.1. The van der Waals surface area contributed by atoms with E-state index in [0.717, 1.165) is 0 Å². The third-order valence-corrected chi connectivity index (χ3v) is 1.03. The lowest BCUT2D eigenvalue weighted by Gasteiger charge is -1.76. The molecule has 0 aromatic carbocycles. The highest BCUT2D eigenvalue weighted by Crippen LogP contribution is 1.88. The lowest BCUT2D eigenvalue weighted by Crippen LogP contribution is -2.01. The van der Waals surface area contributed by atoms with Crippen molar-refractivity contribution in [2.45, 2.75) is 6.92 Å². The van der Waals surface area contributed by atoms with Crippen LogP contribution in [0.15, 0.2) is 0 Å². The van der Waals surface area contributed by atoms with Crippen LogP contribution in [0, 0.1) is 0 Å². The molecule has 0 fully saturated rings. The monoisotopic (exact) mass is 126 g/mol. The predicted molar refractivity (Wildman–Crippen MR) is 20.7 cm³/mol. The van der Waals surface area contributed by atoms with Gasteiger partial charge in [-0.25, -0.2) is 0 Å². The van der Waals surface area contributed by atoms with Crippen molar-refractivity contribution in [3.63, 3.8) is 0 Å². The molecule has 0 saturated carbocycles. The Morgan fingerprint density at radius 1 is 1.57 bits per heavy atom. The number of halogens is 1. The van der Waals surface area contributed by atoms with Gasteiger partial charge in [0, 0.05) is 6.92 Å². The largest absolute Gasteiger partial charge is 0.366 e. The van der Waals surface area contributed by atoms with E-state index >= 15 is 0 Å². The van der Waals surface area contributed by atoms with Gasteiger partial charge in [0.25, 0.3) is 5.12 Å². The molecule has 3 nitrogen and oxygen atoms in total. The van der Waals surface area contributed by atoms with Gasteiger partial charge in [-0.1, -0.05) is 3.89 Å². The summed E-state index contributed by atoms with van der Waals surface area (Å²) in [4.78, 5) is 9.50. The molecule has 0 aliphatic heterocycles. The van der Waals surface area contributed by atoms with Crippen molar-refractivity contribution in [1.82, 2.24) is 0 Å². The molecule has 0 rings (SSSR count). The summed E-state index contributed by atoms with van der Waals surface area (Å²) in [5.41, 5.74) is 0. The van der Waals surface area contributed by atoms with E-state index in [-0.39, 0.29) is 0 Å². The molecule has 0 radical (unpaired) electrons. The summed E-state index contributed by atoms with van der Waals surface area (Å²) in [6.45, 7) is 0.648. The van der Waals surface area contributed by atoms with Gasteiger partial charge in [0.15, 0.2) is 0 Å².